The Balaban J connectivity index is 1.27. The van der Waals surface area contributed by atoms with Gasteiger partial charge < -0.3 is 13.9 Å². The Morgan fingerprint density at radius 1 is 1.03 bits per heavy atom. The van der Waals surface area contributed by atoms with Crippen molar-refractivity contribution in [2.75, 3.05) is 7.11 Å². The van der Waals surface area contributed by atoms with Gasteiger partial charge in [0.25, 0.3) is 11.8 Å². The molecule has 2 aromatic heterocycles. The molecule has 0 saturated carbocycles. The number of fused-ring (bicyclic) bond motifs is 1. The van der Waals surface area contributed by atoms with Gasteiger partial charge in [-0.15, -0.1) is 11.3 Å². The number of benzene rings is 2. The predicted octanol–water partition coefficient (Wildman–Crippen LogP) is 4.56. The van der Waals surface area contributed by atoms with E-state index < -0.39 is 17.8 Å². The minimum absolute atomic E-state index is 0.0253. The lowest BCUT2D eigenvalue weighted by atomic mass is 10.1. The lowest BCUT2D eigenvalue weighted by molar-refractivity contribution is 0.0468. The van der Waals surface area contributed by atoms with Crippen LogP contribution in [0.4, 0.5) is 0 Å². The van der Waals surface area contributed by atoms with Crippen LogP contribution in [0, 0.1) is 0 Å². The van der Waals surface area contributed by atoms with Crippen molar-refractivity contribution in [2.24, 2.45) is 0 Å². The molecule has 0 radical (unpaired) electrons. The van der Waals surface area contributed by atoms with E-state index in [4.69, 9.17) is 13.9 Å². The molecule has 170 valence electrons. The first kappa shape index (κ1) is 21.6. The molecule has 2 aromatic carbocycles. The molecule has 8 nitrogen and oxygen atoms in total. The van der Waals surface area contributed by atoms with Crippen molar-refractivity contribution >= 4 is 29.1 Å². The van der Waals surface area contributed by atoms with Gasteiger partial charge in [-0.2, -0.15) is 0 Å². The van der Waals surface area contributed by atoms with Gasteiger partial charge in [-0.05, 0) is 42.5 Å². The van der Waals surface area contributed by atoms with Crippen LogP contribution in [0.1, 0.15) is 42.5 Å². The summed E-state index contributed by atoms with van der Waals surface area (Å²) in [6.45, 7) is -0.00342. The number of hydrogen-bond acceptors (Lipinski definition) is 8. The number of nitrogens with zero attached hydrogens (tertiary/aromatic N) is 2. The first-order chi connectivity index (χ1) is 16.5. The monoisotopic (exact) mass is 474 g/mol. The van der Waals surface area contributed by atoms with Gasteiger partial charge in [0.15, 0.2) is 0 Å². The van der Waals surface area contributed by atoms with Gasteiger partial charge in [-0.1, -0.05) is 12.1 Å². The number of esters is 1. The highest BCUT2D eigenvalue weighted by Crippen LogP contribution is 2.32. The number of rotatable bonds is 7. The fraction of sp³-hybridized carbons (Fsp3) is 0.120. The van der Waals surface area contributed by atoms with Crippen molar-refractivity contribution < 1.29 is 28.3 Å². The van der Waals surface area contributed by atoms with Crippen LogP contribution in [0.15, 0.2) is 70.7 Å². The molecule has 0 bridgehead atoms. The summed E-state index contributed by atoms with van der Waals surface area (Å²) in [5, 5.41) is 2.56. The van der Waals surface area contributed by atoms with E-state index in [1.807, 2.05) is 29.6 Å². The van der Waals surface area contributed by atoms with Crippen LogP contribution >= 0.6 is 11.3 Å². The fourth-order valence-electron chi connectivity index (χ4n) is 3.66. The van der Waals surface area contributed by atoms with Crippen LogP contribution in [0.2, 0.25) is 0 Å². The highest BCUT2D eigenvalue weighted by atomic mass is 32.1. The molecule has 0 aliphatic carbocycles. The minimum atomic E-state index is -0.612. The fourth-order valence-corrected chi connectivity index (χ4v) is 4.49. The number of para-hydroxylation sites is 1. The number of carbonyl (C=O) groups is 3. The molecule has 0 spiro atoms. The minimum Gasteiger partial charge on any atom is -0.496 e. The summed E-state index contributed by atoms with van der Waals surface area (Å²) in [5.41, 5.74) is 2.04. The summed E-state index contributed by atoms with van der Waals surface area (Å²) in [4.78, 5) is 43.6. The molecule has 9 heteroatoms. The smallest absolute Gasteiger partial charge is 0.338 e. The number of imide groups is 1. The molecular weight excluding hydrogens is 456 g/mol. The average Bonchev–Trinajstić information content (AvgIpc) is 3.61. The zero-order valence-electron chi connectivity index (χ0n) is 18.0. The van der Waals surface area contributed by atoms with Crippen molar-refractivity contribution in [3.8, 4) is 16.3 Å². The topological polar surface area (TPSA) is 98.9 Å². The molecule has 5 rings (SSSR count). The lowest BCUT2D eigenvalue weighted by Crippen LogP contribution is -2.28. The molecule has 0 N–H and O–H groups in total. The number of methoxy groups -OCH3 is 1. The molecule has 0 fully saturated rings. The van der Waals surface area contributed by atoms with Gasteiger partial charge in [-0.3, -0.25) is 14.5 Å². The summed E-state index contributed by atoms with van der Waals surface area (Å²) >= 11 is 1.42. The van der Waals surface area contributed by atoms with Gasteiger partial charge in [0, 0.05) is 5.38 Å². The maximum atomic E-state index is 12.8. The molecule has 4 aromatic rings. The Morgan fingerprint density at radius 3 is 2.65 bits per heavy atom. The molecule has 34 heavy (non-hydrogen) atoms. The normalized spacial score (nSPS) is 12.7. The van der Waals surface area contributed by atoms with Gasteiger partial charge in [0.2, 0.25) is 0 Å². The van der Waals surface area contributed by atoms with Gasteiger partial charge in [0.1, 0.15) is 23.1 Å². The van der Waals surface area contributed by atoms with E-state index in [1.165, 1.54) is 35.8 Å². The van der Waals surface area contributed by atoms with E-state index in [9.17, 15) is 14.4 Å². The molecule has 0 atom stereocenters. The van der Waals surface area contributed by atoms with Crippen LogP contribution in [-0.2, 0) is 17.9 Å². The van der Waals surface area contributed by atoms with Crippen LogP contribution in [-0.4, -0.2) is 34.8 Å². The summed E-state index contributed by atoms with van der Waals surface area (Å²) in [5.74, 6) is -0.322. The summed E-state index contributed by atoms with van der Waals surface area (Å²) in [7, 11) is 1.60. The molecular formula is C25H18N2O6S. The van der Waals surface area contributed by atoms with Crippen LogP contribution in [0.5, 0.6) is 5.75 Å². The number of carbonyl (C=O) groups excluding carboxylic acids is 3. The van der Waals surface area contributed by atoms with E-state index in [0.29, 0.717) is 17.2 Å². The maximum absolute atomic E-state index is 12.8. The number of furan rings is 1. The van der Waals surface area contributed by atoms with Gasteiger partial charge in [-0.25, -0.2) is 9.78 Å². The van der Waals surface area contributed by atoms with Crippen LogP contribution < -0.4 is 4.74 Å². The molecule has 0 saturated heterocycles. The second-order valence-corrected chi connectivity index (χ2v) is 8.31. The summed E-state index contributed by atoms with van der Waals surface area (Å²) in [6, 6.07) is 15.2. The van der Waals surface area contributed by atoms with Gasteiger partial charge >= 0.3 is 5.97 Å². The lowest BCUT2D eigenvalue weighted by Gasteiger charge is -2.11. The van der Waals surface area contributed by atoms with E-state index in [-0.39, 0.29) is 29.8 Å². The SMILES string of the molecule is COc1ccccc1-c1nc(COC(=O)c2ccc3c(c2)C(=O)N(Cc2ccco2)C3=O)cs1. The van der Waals surface area contributed by atoms with Crippen LogP contribution in [0.3, 0.4) is 0 Å². The zero-order valence-corrected chi connectivity index (χ0v) is 18.8. The van der Waals surface area contributed by atoms with Crippen molar-refractivity contribution in [1.29, 1.82) is 0 Å². The third-order valence-corrected chi connectivity index (χ3v) is 6.27. The molecule has 0 unspecified atom stereocenters. The third kappa shape index (κ3) is 3.97. The Labute approximate surface area is 198 Å². The second-order valence-electron chi connectivity index (χ2n) is 7.46. The van der Waals surface area contributed by atoms with E-state index in [0.717, 1.165) is 15.5 Å². The number of amides is 2. The van der Waals surface area contributed by atoms with E-state index >= 15 is 0 Å². The van der Waals surface area contributed by atoms with E-state index in [1.54, 1.807) is 19.2 Å². The van der Waals surface area contributed by atoms with Gasteiger partial charge in [0.05, 0.1) is 47.9 Å². The van der Waals surface area contributed by atoms with Crippen LogP contribution in [0.25, 0.3) is 10.6 Å². The van der Waals surface area contributed by atoms with E-state index in [2.05, 4.69) is 4.98 Å². The van der Waals surface area contributed by atoms with Crippen molar-refractivity contribution in [3.05, 3.63) is 94.4 Å². The maximum Gasteiger partial charge on any atom is 0.338 e. The average molecular weight is 474 g/mol. The zero-order chi connectivity index (χ0) is 23.7. The number of ether oxygens (including phenoxy) is 2. The molecule has 1 aliphatic heterocycles. The Bertz CT molecular complexity index is 1390. The summed E-state index contributed by atoms with van der Waals surface area (Å²) in [6.07, 6.45) is 1.48. The van der Waals surface area contributed by atoms with Crippen molar-refractivity contribution in [2.45, 2.75) is 13.2 Å². The second kappa shape index (κ2) is 8.95. The number of thiazole rings is 1. The molecule has 2 amide bonds. The Morgan fingerprint density at radius 2 is 1.85 bits per heavy atom. The Kier molecular flexibility index (Phi) is 5.69. The number of hydrogen-bond donors (Lipinski definition) is 0. The third-order valence-electron chi connectivity index (χ3n) is 5.34. The van der Waals surface area contributed by atoms with Crippen molar-refractivity contribution in [1.82, 2.24) is 9.88 Å². The largest absolute Gasteiger partial charge is 0.496 e. The quantitative estimate of drug-likeness (QED) is 0.286. The molecule has 1 aliphatic rings. The Hall–Kier alpha value is -4.24. The molecule has 3 heterocycles. The first-order valence-electron chi connectivity index (χ1n) is 10.3. The number of aromatic nitrogens is 1. The highest BCUT2D eigenvalue weighted by molar-refractivity contribution is 7.13. The summed E-state index contributed by atoms with van der Waals surface area (Å²) < 4.78 is 16.0. The highest BCUT2D eigenvalue weighted by Gasteiger charge is 2.36. The van der Waals surface area contributed by atoms with Crippen molar-refractivity contribution in [3.63, 3.8) is 0 Å². The standard InChI is InChI=1S/C25H18N2O6S/c1-31-21-7-3-2-6-19(21)22-26-16(14-34-22)13-33-25(30)15-8-9-18-20(11-15)24(29)27(23(18)28)12-17-5-4-10-32-17/h2-11,14H,12-13H2,1H3. The first-order valence-corrected chi connectivity index (χ1v) is 11.2. The predicted molar refractivity (Wildman–Crippen MR) is 123 cm³/mol.